The van der Waals surface area contributed by atoms with Gasteiger partial charge >= 0.3 is 0 Å². The highest BCUT2D eigenvalue weighted by Gasteiger charge is 2.47. The Morgan fingerprint density at radius 3 is 2.58 bits per heavy atom. The molecule has 0 aliphatic heterocycles. The van der Waals surface area contributed by atoms with Crippen molar-refractivity contribution in [2.45, 2.75) is 44.1 Å². The minimum absolute atomic E-state index is 0.0185. The molecule has 19 heavy (non-hydrogen) atoms. The van der Waals surface area contributed by atoms with E-state index in [4.69, 9.17) is 5.73 Å². The van der Waals surface area contributed by atoms with Gasteiger partial charge in [0.15, 0.2) is 0 Å². The SMILES string of the molecule is NC1(CCc2ccc([N+](=O)[O-])cc2)CC2CCC1C2. The highest BCUT2D eigenvalue weighted by molar-refractivity contribution is 5.33. The fraction of sp³-hybridized carbons (Fsp3) is 0.600. The number of nitrogens with zero attached hydrogens (tertiary/aromatic N) is 1. The summed E-state index contributed by atoms with van der Waals surface area (Å²) in [6, 6.07) is 6.88. The first-order valence-electron chi connectivity index (χ1n) is 7.09. The third-order valence-corrected chi connectivity index (χ3v) is 5.05. The fourth-order valence-corrected chi connectivity index (χ4v) is 3.95. The second-order valence-corrected chi connectivity index (χ2v) is 6.24. The summed E-state index contributed by atoms with van der Waals surface area (Å²) in [5.41, 5.74) is 7.89. The molecular weight excluding hydrogens is 240 g/mol. The Hall–Kier alpha value is -1.42. The van der Waals surface area contributed by atoms with E-state index in [2.05, 4.69) is 0 Å². The number of nitro groups is 1. The smallest absolute Gasteiger partial charge is 0.269 e. The zero-order valence-electron chi connectivity index (χ0n) is 11.0. The number of hydrogen-bond donors (Lipinski definition) is 1. The predicted molar refractivity (Wildman–Crippen MR) is 73.8 cm³/mol. The maximum Gasteiger partial charge on any atom is 0.269 e. The number of non-ortho nitro benzene ring substituents is 1. The van der Waals surface area contributed by atoms with Crippen LogP contribution in [0.25, 0.3) is 0 Å². The van der Waals surface area contributed by atoms with E-state index in [0.29, 0.717) is 5.92 Å². The van der Waals surface area contributed by atoms with Gasteiger partial charge < -0.3 is 5.73 Å². The molecule has 2 N–H and O–H groups in total. The largest absolute Gasteiger partial charge is 0.325 e. The van der Waals surface area contributed by atoms with Crippen molar-refractivity contribution in [1.29, 1.82) is 0 Å². The molecule has 2 fully saturated rings. The Kier molecular flexibility index (Phi) is 3.05. The number of nitro benzene ring substituents is 1. The number of benzene rings is 1. The first-order chi connectivity index (χ1) is 9.07. The van der Waals surface area contributed by atoms with E-state index in [1.54, 1.807) is 12.1 Å². The molecule has 0 aromatic heterocycles. The lowest BCUT2D eigenvalue weighted by molar-refractivity contribution is -0.384. The fourth-order valence-electron chi connectivity index (χ4n) is 3.95. The van der Waals surface area contributed by atoms with Gasteiger partial charge in [0.2, 0.25) is 0 Å². The summed E-state index contributed by atoms with van der Waals surface area (Å²) >= 11 is 0. The standard InChI is InChI=1S/C15H20N2O2/c16-15(10-12-1-4-13(15)9-12)8-7-11-2-5-14(6-3-11)17(18)19/h2-3,5-6,12-13H,1,4,7-10,16H2. The van der Waals surface area contributed by atoms with Crippen molar-refractivity contribution in [3.63, 3.8) is 0 Å². The van der Waals surface area contributed by atoms with Crippen molar-refractivity contribution in [2.75, 3.05) is 0 Å². The topological polar surface area (TPSA) is 69.2 Å². The molecule has 2 saturated carbocycles. The van der Waals surface area contributed by atoms with Crippen LogP contribution in [-0.4, -0.2) is 10.5 Å². The van der Waals surface area contributed by atoms with Gasteiger partial charge in [0.1, 0.15) is 0 Å². The van der Waals surface area contributed by atoms with Crippen LogP contribution >= 0.6 is 0 Å². The number of rotatable bonds is 4. The Balaban J connectivity index is 1.62. The van der Waals surface area contributed by atoms with Crippen molar-refractivity contribution < 1.29 is 4.92 Å². The number of fused-ring (bicyclic) bond motifs is 2. The molecular formula is C15H20N2O2. The highest BCUT2D eigenvalue weighted by Crippen LogP contribution is 2.51. The molecule has 1 aromatic carbocycles. The number of nitrogens with two attached hydrogens (primary N) is 1. The van der Waals surface area contributed by atoms with E-state index in [-0.39, 0.29) is 16.1 Å². The van der Waals surface area contributed by atoms with Gasteiger partial charge in [0.25, 0.3) is 5.69 Å². The Morgan fingerprint density at radius 1 is 1.32 bits per heavy atom. The molecule has 0 heterocycles. The summed E-state index contributed by atoms with van der Waals surface area (Å²) in [5, 5.41) is 10.6. The second-order valence-electron chi connectivity index (χ2n) is 6.24. The summed E-state index contributed by atoms with van der Waals surface area (Å²) in [6.07, 6.45) is 7.08. The van der Waals surface area contributed by atoms with Gasteiger partial charge in [-0.25, -0.2) is 0 Å². The molecule has 0 saturated heterocycles. The summed E-state index contributed by atoms with van der Waals surface area (Å²) in [5.74, 6) is 1.56. The van der Waals surface area contributed by atoms with Crippen molar-refractivity contribution in [3.8, 4) is 0 Å². The van der Waals surface area contributed by atoms with Crippen LogP contribution in [0.5, 0.6) is 0 Å². The summed E-state index contributed by atoms with van der Waals surface area (Å²) in [4.78, 5) is 10.2. The number of hydrogen-bond acceptors (Lipinski definition) is 3. The van der Waals surface area contributed by atoms with Gasteiger partial charge in [-0.3, -0.25) is 10.1 Å². The lowest BCUT2D eigenvalue weighted by atomic mass is 9.78. The van der Waals surface area contributed by atoms with Gasteiger partial charge in [0, 0.05) is 17.7 Å². The van der Waals surface area contributed by atoms with Gasteiger partial charge in [-0.1, -0.05) is 18.6 Å². The van der Waals surface area contributed by atoms with Crippen LogP contribution in [0.3, 0.4) is 0 Å². The normalized spacial score (nSPS) is 32.7. The lowest BCUT2D eigenvalue weighted by Gasteiger charge is -2.34. The van der Waals surface area contributed by atoms with E-state index in [9.17, 15) is 10.1 Å². The van der Waals surface area contributed by atoms with Crippen molar-refractivity contribution in [3.05, 3.63) is 39.9 Å². The average Bonchev–Trinajstić information content (AvgIpc) is 2.97. The van der Waals surface area contributed by atoms with Crippen LogP contribution in [0.4, 0.5) is 5.69 Å². The van der Waals surface area contributed by atoms with Crippen molar-refractivity contribution >= 4 is 5.69 Å². The average molecular weight is 260 g/mol. The van der Waals surface area contributed by atoms with Crippen LogP contribution in [-0.2, 0) is 6.42 Å². The van der Waals surface area contributed by atoms with Crippen LogP contribution in [0.15, 0.2) is 24.3 Å². The van der Waals surface area contributed by atoms with E-state index in [1.807, 2.05) is 12.1 Å². The maximum absolute atomic E-state index is 10.6. The Bertz CT molecular complexity index is 485. The summed E-state index contributed by atoms with van der Waals surface area (Å²) in [6.45, 7) is 0. The van der Waals surface area contributed by atoms with Crippen LogP contribution in [0, 0.1) is 22.0 Å². The Morgan fingerprint density at radius 2 is 2.05 bits per heavy atom. The molecule has 3 unspecified atom stereocenters. The maximum atomic E-state index is 10.6. The van der Waals surface area contributed by atoms with E-state index < -0.39 is 0 Å². The Labute approximate surface area is 113 Å². The third-order valence-electron chi connectivity index (χ3n) is 5.05. The first-order valence-corrected chi connectivity index (χ1v) is 7.09. The number of aryl methyl sites for hydroxylation is 1. The molecule has 4 nitrogen and oxygen atoms in total. The molecule has 3 atom stereocenters. The monoisotopic (exact) mass is 260 g/mol. The van der Waals surface area contributed by atoms with Crippen molar-refractivity contribution in [1.82, 2.24) is 0 Å². The molecule has 0 spiro atoms. The minimum Gasteiger partial charge on any atom is -0.325 e. The van der Waals surface area contributed by atoms with E-state index in [0.717, 1.165) is 24.3 Å². The molecule has 2 aliphatic carbocycles. The van der Waals surface area contributed by atoms with Gasteiger partial charge in [-0.2, -0.15) is 0 Å². The molecule has 0 radical (unpaired) electrons. The summed E-state index contributed by atoms with van der Waals surface area (Å²) in [7, 11) is 0. The summed E-state index contributed by atoms with van der Waals surface area (Å²) < 4.78 is 0. The zero-order chi connectivity index (χ0) is 13.5. The van der Waals surface area contributed by atoms with Crippen LogP contribution in [0.2, 0.25) is 0 Å². The highest BCUT2D eigenvalue weighted by atomic mass is 16.6. The molecule has 1 aromatic rings. The minimum atomic E-state index is -0.357. The molecule has 102 valence electrons. The predicted octanol–water partition coefficient (Wildman–Crippen LogP) is 3.04. The van der Waals surface area contributed by atoms with Gasteiger partial charge in [-0.05, 0) is 49.5 Å². The van der Waals surface area contributed by atoms with Crippen molar-refractivity contribution in [2.24, 2.45) is 17.6 Å². The van der Waals surface area contributed by atoms with Gasteiger partial charge in [0.05, 0.1) is 4.92 Å². The van der Waals surface area contributed by atoms with E-state index >= 15 is 0 Å². The quantitative estimate of drug-likeness (QED) is 0.668. The second kappa shape index (κ2) is 4.60. The van der Waals surface area contributed by atoms with Gasteiger partial charge in [-0.15, -0.1) is 0 Å². The first kappa shape index (κ1) is 12.6. The molecule has 4 heteroatoms. The molecule has 0 amide bonds. The van der Waals surface area contributed by atoms with Crippen LogP contribution in [0.1, 0.15) is 37.7 Å². The molecule has 3 rings (SSSR count). The molecule has 2 bridgehead atoms. The van der Waals surface area contributed by atoms with E-state index in [1.165, 1.54) is 25.7 Å². The zero-order valence-corrected chi connectivity index (χ0v) is 11.0. The van der Waals surface area contributed by atoms with Crippen LogP contribution < -0.4 is 5.73 Å². The lowest BCUT2D eigenvalue weighted by Crippen LogP contribution is -2.45. The molecule has 2 aliphatic rings. The third kappa shape index (κ3) is 2.37.